The van der Waals surface area contributed by atoms with Gasteiger partial charge in [-0.1, -0.05) is 22.0 Å². The number of benzene rings is 1. The molecule has 0 bridgehead atoms. The van der Waals surface area contributed by atoms with Crippen LogP contribution in [0.4, 0.5) is 18.9 Å². The first-order chi connectivity index (χ1) is 9.76. The average Bonchev–Trinajstić information content (AvgIpc) is 2.37. The van der Waals surface area contributed by atoms with Crippen molar-refractivity contribution in [3.05, 3.63) is 28.2 Å². The van der Waals surface area contributed by atoms with E-state index in [1.165, 1.54) is 4.90 Å². The lowest BCUT2D eigenvalue weighted by Crippen LogP contribution is -2.49. The van der Waals surface area contributed by atoms with Gasteiger partial charge in [0, 0.05) is 36.3 Å². The number of aliphatic hydroxyl groups is 1. The van der Waals surface area contributed by atoms with Crippen LogP contribution in [0, 0.1) is 0 Å². The Morgan fingerprint density at radius 3 is 2.33 bits per heavy atom. The van der Waals surface area contributed by atoms with Crippen molar-refractivity contribution in [2.45, 2.75) is 19.2 Å². The van der Waals surface area contributed by atoms with Crippen LogP contribution in [0.1, 0.15) is 18.6 Å². The highest BCUT2D eigenvalue weighted by molar-refractivity contribution is 9.10. The van der Waals surface area contributed by atoms with Gasteiger partial charge in [0.2, 0.25) is 0 Å². The second-order valence-electron chi connectivity index (χ2n) is 5.26. The van der Waals surface area contributed by atoms with Crippen LogP contribution in [0.5, 0.6) is 0 Å². The minimum Gasteiger partial charge on any atom is -0.389 e. The Labute approximate surface area is 130 Å². The van der Waals surface area contributed by atoms with Gasteiger partial charge in [-0.05, 0) is 24.6 Å². The van der Waals surface area contributed by atoms with Crippen molar-refractivity contribution in [1.29, 1.82) is 0 Å². The van der Waals surface area contributed by atoms with Crippen molar-refractivity contribution in [2.24, 2.45) is 0 Å². The molecule has 1 aromatic rings. The third kappa shape index (κ3) is 4.59. The van der Waals surface area contributed by atoms with Gasteiger partial charge in [0.1, 0.15) is 0 Å². The lowest BCUT2D eigenvalue weighted by atomic mass is 10.1. The molecule has 0 saturated carbocycles. The lowest BCUT2D eigenvalue weighted by molar-refractivity contribution is -0.146. The molecule has 1 aliphatic heterocycles. The smallest absolute Gasteiger partial charge is 0.389 e. The normalized spacial score (nSPS) is 18.9. The van der Waals surface area contributed by atoms with Gasteiger partial charge in [-0.3, -0.25) is 4.90 Å². The van der Waals surface area contributed by atoms with Gasteiger partial charge in [0.05, 0.1) is 12.6 Å². The number of halogens is 4. The number of aliphatic hydroxyl groups excluding tert-OH is 1. The molecule has 1 saturated heterocycles. The molecule has 1 fully saturated rings. The highest BCUT2D eigenvalue weighted by Crippen LogP contribution is 2.29. The third-order valence-corrected chi connectivity index (χ3v) is 4.26. The molecule has 0 aliphatic carbocycles. The van der Waals surface area contributed by atoms with Gasteiger partial charge in [-0.15, -0.1) is 0 Å². The van der Waals surface area contributed by atoms with E-state index in [2.05, 4.69) is 20.8 Å². The number of piperazine rings is 1. The lowest BCUT2D eigenvalue weighted by Gasteiger charge is -2.36. The van der Waals surface area contributed by atoms with Crippen LogP contribution in [-0.4, -0.2) is 48.9 Å². The van der Waals surface area contributed by atoms with Gasteiger partial charge in [0.15, 0.2) is 0 Å². The Bertz CT molecular complexity index is 486. The zero-order valence-corrected chi connectivity index (χ0v) is 13.3. The van der Waals surface area contributed by atoms with Gasteiger partial charge in [0.25, 0.3) is 0 Å². The predicted octanol–water partition coefficient (Wildman–Crippen LogP) is 3.19. The topological polar surface area (TPSA) is 26.7 Å². The quantitative estimate of drug-likeness (QED) is 0.889. The zero-order chi connectivity index (χ0) is 15.6. The second kappa shape index (κ2) is 6.54. The van der Waals surface area contributed by atoms with Crippen LogP contribution in [0.2, 0.25) is 0 Å². The maximum Gasteiger partial charge on any atom is 0.401 e. The molecule has 3 nitrogen and oxygen atoms in total. The Morgan fingerprint density at radius 2 is 1.86 bits per heavy atom. The fourth-order valence-corrected chi connectivity index (χ4v) is 3.17. The summed E-state index contributed by atoms with van der Waals surface area (Å²) in [4.78, 5) is 3.49. The summed E-state index contributed by atoms with van der Waals surface area (Å²) < 4.78 is 37.9. The highest BCUT2D eigenvalue weighted by atomic mass is 79.9. The van der Waals surface area contributed by atoms with Crippen molar-refractivity contribution >= 4 is 21.6 Å². The molecule has 0 unspecified atom stereocenters. The SMILES string of the molecule is C[C@H](O)c1ccc(N2CCN(CC(F)(F)F)CC2)cc1Br. The van der Waals surface area contributed by atoms with Crippen molar-refractivity contribution in [1.82, 2.24) is 4.90 Å². The summed E-state index contributed by atoms with van der Waals surface area (Å²) in [6.07, 6.45) is -4.69. The monoisotopic (exact) mass is 366 g/mol. The second-order valence-corrected chi connectivity index (χ2v) is 6.11. The maximum atomic E-state index is 12.3. The van der Waals surface area contributed by atoms with E-state index in [4.69, 9.17) is 0 Å². The Kier molecular flexibility index (Phi) is 5.16. The fourth-order valence-electron chi connectivity index (χ4n) is 2.47. The fraction of sp³-hybridized carbons (Fsp3) is 0.571. The summed E-state index contributed by atoms with van der Waals surface area (Å²) in [5.74, 6) is 0. The summed E-state index contributed by atoms with van der Waals surface area (Å²) in [6.45, 7) is 2.78. The van der Waals surface area contributed by atoms with E-state index in [-0.39, 0.29) is 0 Å². The molecule has 2 rings (SSSR count). The number of anilines is 1. The number of hydrogen-bond acceptors (Lipinski definition) is 3. The van der Waals surface area contributed by atoms with Crippen molar-refractivity contribution in [3.63, 3.8) is 0 Å². The van der Waals surface area contributed by atoms with E-state index >= 15 is 0 Å². The molecule has 0 radical (unpaired) electrons. The van der Waals surface area contributed by atoms with E-state index in [1.54, 1.807) is 6.92 Å². The molecule has 1 heterocycles. The molecule has 1 aliphatic rings. The molecule has 21 heavy (non-hydrogen) atoms. The predicted molar refractivity (Wildman–Crippen MR) is 79.5 cm³/mol. The maximum absolute atomic E-state index is 12.3. The zero-order valence-electron chi connectivity index (χ0n) is 11.7. The van der Waals surface area contributed by atoms with Crippen LogP contribution in [-0.2, 0) is 0 Å². The van der Waals surface area contributed by atoms with E-state index in [1.807, 2.05) is 18.2 Å². The van der Waals surface area contributed by atoms with E-state index in [9.17, 15) is 18.3 Å². The first kappa shape index (κ1) is 16.6. The molecule has 1 atom stereocenters. The van der Waals surface area contributed by atoms with E-state index < -0.39 is 18.8 Å². The summed E-state index contributed by atoms with van der Waals surface area (Å²) >= 11 is 3.42. The number of nitrogens with zero attached hydrogens (tertiary/aromatic N) is 2. The summed E-state index contributed by atoms with van der Waals surface area (Å²) in [6, 6.07) is 5.64. The number of hydrogen-bond donors (Lipinski definition) is 1. The average molecular weight is 367 g/mol. The van der Waals surface area contributed by atoms with Gasteiger partial charge in [-0.25, -0.2) is 0 Å². The molecular weight excluding hydrogens is 349 g/mol. The van der Waals surface area contributed by atoms with Crippen LogP contribution in [0.3, 0.4) is 0 Å². The minimum atomic E-state index is -4.13. The van der Waals surface area contributed by atoms with E-state index in [0.717, 1.165) is 15.7 Å². The van der Waals surface area contributed by atoms with Crippen molar-refractivity contribution < 1.29 is 18.3 Å². The number of rotatable bonds is 3. The molecule has 1 N–H and O–H groups in total. The molecule has 1 aromatic carbocycles. The summed E-state index contributed by atoms with van der Waals surface area (Å²) in [5, 5.41) is 9.59. The largest absolute Gasteiger partial charge is 0.401 e. The molecule has 0 amide bonds. The Morgan fingerprint density at radius 1 is 1.24 bits per heavy atom. The standard InChI is InChI=1S/C14H18BrF3N2O/c1-10(21)12-3-2-11(8-13(12)15)20-6-4-19(5-7-20)9-14(16,17)18/h2-3,8,10,21H,4-7,9H2,1H3/t10-/m0/s1. The van der Waals surface area contributed by atoms with Gasteiger partial charge >= 0.3 is 6.18 Å². The van der Waals surface area contributed by atoms with Crippen LogP contribution < -0.4 is 4.90 Å². The van der Waals surface area contributed by atoms with Crippen LogP contribution >= 0.6 is 15.9 Å². The Hall–Kier alpha value is -0.790. The van der Waals surface area contributed by atoms with Crippen molar-refractivity contribution in [3.8, 4) is 0 Å². The molecule has 118 valence electrons. The molecular formula is C14H18BrF3N2O. The Balaban J connectivity index is 1.98. The molecule has 7 heteroatoms. The van der Waals surface area contributed by atoms with Crippen LogP contribution in [0.15, 0.2) is 22.7 Å². The third-order valence-electron chi connectivity index (χ3n) is 3.57. The summed E-state index contributed by atoms with van der Waals surface area (Å²) in [7, 11) is 0. The van der Waals surface area contributed by atoms with Gasteiger partial charge in [-0.2, -0.15) is 13.2 Å². The first-order valence-corrected chi connectivity index (χ1v) is 7.57. The minimum absolute atomic E-state index is 0.398. The van der Waals surface area contributed by atoms with E-state index in [0.29, 0.717) is 26.2 Å². The van der Waals surface area contributed by atoms with Crippen LogP contribution in [0.25, 0.3) is 0 Å². The highest BCUT2D eigenvalue weighted by Gasteiger charge is 2.32. The number of alkyl halides is 3. The first-order valence-electron chi connectivity index (χ1n) is 6.78. The summed E-state index contributed by atoms with van der Waals surface area (Å²) in [5.41, 5.74) is 1.76. The molecule has 0 spiro atoms. The van der Waals surface area contributed by atoms with Crippen molar-refractivity contribution in [2.75, 3.05) is 37.6 Å². The van der Waals surface area contributed by atoms with Gasteiger partial charge < -0.3 is 10.0 Å². The molecule has 0 aromatic heterocycles.